The van der Waals surface area contributed by atoms with E-state index in [2.05, 4.69) is 0 Å². The van der Waals surface area contributed by atoms with Crippen LogP contribution in [0.15, 0.2) is 57.4 Å². The number of carboxylic acids is 1. The van der Waals surface area contributed by atoms with Crippen LogP contribution in [0.1, 0.15) is 62.6 Å². The van der Waals surface area contributed by atoms with Crippen molar-refractivity contribution < 1.29 is 37.9 Å². The van der Waals surface area contributed by atoms with Gasteiger partial charge in [-0.2, -0.15) is 0 Å². The van der Waals surface area contributed by atoms with Crippen LogP contribution in [0.4, 0.5) is 0 Å². The van der Waals surface area contributed by atoms with Crippen LogP contribution in [-0.4, -0.2) is 35.2 Å². The summed E-state index contributed by atoms with van der Waals surface area (Å²) in [4.78, 5) is 44.3. The predicted octanol–water partition coefficient (Wildman–Crippen LogP) is 5.15. The second-order valence-electron chi connectivity index (χ2n) is 6.86. The van der Waals surface area contributed by atoms with Gasteiger partial charge in [0.25, 0.3) is 0 Å². The van der Waals surface area contributed by atoms with E-state index in [1.165, 1.54) is 19.9 Å². The number of rotatable bonds is 5. The lowest BCUT2D eigenvalue weighted by molar-refractivity contribution is 0.0492. The average Bonchev–Trinajstić information content (AvgIpc) is 3.37. The topological polar surface area (TPSA) is 124 Å². The van der Waals surface area contributed by atoms with Gasteiger partial charge in [0, 0.05) is 21.9 Å². The van der Waals surface area contributed by atoms with E-state index in [1.807, 2.05) is 0 Å². The van der Waals surface area contributed by atoms with Crippen molar-refractivity contribution in [3.05, 3.63) is 71.2 Å². The second kappa shape index (κ2) is 9.30. The summed E-state index contributed by atoms with van der Waals surface area (Å²) < 4.78 is 15.3. The van der Waals surface area contributed by atoms with Gasteiger partial charge in [-0.1, -0.05) is 24.3 Å². The Morgan fingerprint density at radius 3 is 1.69 bits per heavy atom. The standard InChI is InChI=1S/C13H12O4.C11H8O4/c1-3-16-13(15)12-7-10-5-4-9(8(2)14)6-11(10)17-12;1-6(12)7-2-3-8-5-10(11(13)14)15-9(8)4-7/h4-7H,3H2,1-2H3;2-5H,1H3,(H,13,14). The zero-order valence-corrected chi connectivity index (χ0v) is 17.6. The van der Waals surface area contributed by atoms with Crippen LogP contribution >= 0.6 is 0 Å². The van der Waals surface area contributed by atoms with E-state index in [0.717, 1.165) is 5.39 Å². The molecule has 0 bridgehead atoms. The van der Waals surface area contributed by atoms with E-state index in [4.69, 9.17) is 18.7 Å². The number of ketones is 2. The molecular weight excluding hydrogens is 416 g/mol. The molecule has 0 aliphatic carbocycles. The lowest BCUT2D eigenvalue weighted by Crippen LogP contribution is -2.02. The molecule has 8 heteroatoms. The Labute approximate surface area is 182 Å². The number of furan rings is 2. The SMILES string of the molecule is CC(=O)c1ccc2cc(C(=O)O)oc2c1.CCOC(=O)c1cc2ccc(C(C)=O)cc2o1. The molecule has 0 spiro atoms. The van der Waals surface area contributed by atoms with E-state index >= 15 is 0 Å². The summed E-state index contributed by atoms with van der Waals surface area (Å²) in [5.74, 6) is -1.69. The molecule has 2 aromatic carbocycles. The van der Waals surface area contributed by atoms with Gasteiger partial charge >= 0.3 is 11.9 Å². The van der Waals surface area contributed by atoms with Crippen molar-refractivity contribution in [2.75, 3.05) is 6.61 Å². The van der Waals surface area contributed by atoms with Gasteiger partial charge in [0.2, 0.25) is 11.5 Å². The minimum absolute atomic E-state index is 0.0408. The fourth-order valence-corrected chi connectivity index (χ4v) is 2.91. The first kappa shape index (κ1) is 22.5. The minimum atomic E-state index is -1.12. The Hall–Kier alpha value is -4.20. The molecular formula is C24H20O8. The summed E-state index contributed by atoms with van der Waals surface area (Å²) in [6.45, 7) is 4.96. The highest BCUT2D eigenvalue weighted by molar-refractivity contribution is 6.00. The van der Waals surface area contributed by atoms with Gasteiger partial charge in [0.05, 0.1) is 6.61 Å². The van der Waals surface area contributed by atoms with Gasteiger partial charge in [0.1, 0.15) is 11.2 Å². The zero-order chi connectivity index (χ0) is 23.4. The molecule has 4 rings (SSSR count). The molecule has 0 saturated heterocycles. The summed E-state index contributed by atoms with van der Waals surface area (Å²) in [6.07, 6.45) is 0. The third-order valence-electron chi connectivity index (χ3n) is 4.54. The Bertz CT molecular complexity index is 1330. The quantitative estimate of drug-likeness (QED) is 0.337. The Balaban J connectivity index is 0.000000182. The molecule has 0 unspecified atom stereocenters. The lowest BCUT2D eigenvalue weighted by atomic mass is 10.1. The van der Waals surface area contributed by atoms with Crippen molar-refractivity contribution in [2.45, 2.75) is 20.8 Å². The number of hydrogen-bond acceptors (Lipinski definition) is 7. The molecule has 0 atom stereocenters. The number of fused-ring (bicyclic) bond motifs is 2. The smallest absolute Gasteiger partial charge is 0.374 e. The maximum atomic E-state index is 11.5. The monoisotopic (exact) mass is 436 g/mol. The lowest BCUT2D eigenvalue weighted by Gasteiger charge is -1.95. The van der Waals surface area contributed by atoms with Gasteiger partial charge in [0.15, 0.2) is 11.6 Å². The Morgan fingerprint density at radius 2 is 1.25 bits per heavy atom. The van der Waals surface area contributed by atoms with Crippen LogP contribution in [0.5, 0.6) is 0 Å². The van der Waals surface area contributed by atoms with Crippen LogP contribution in [0, 0.1) is 0 Å². The fraction of sp³-hybridized carbons (Fsp3) is 0.167. The first-order valence-electron chi connectivity index (χ1n) is 9.69. The normalized spacial score (nSPS) is 10.5. The molecule has 0 aliphatic heterocycles. The maximum absolute atomic E-state index is 11.5. The average molecular weight is 436 g/mol. The number of esters is 1. The Morgan fingerprint density at radius 1 is 0.781 bits per heavy atom. The molecule has 4 aromatic rings. The molecule has 0 radical (unpaired) electrons. The van der Waals surface area contributed by atoms with Crippen molar-refractivity contribution in [1.82, 2.24) is 0 Å². The number of carbonyl (C=O) groups is 4. The highest BCUT2D eigenvalue weighted by atomic mass is 16.5. The minimum Gasteiger partial charge on any atom is -0.475 e. The molecule has 8 nitrogen and oxygen atoms in total. The number of Topliss-reactive ketones (excluding diaryl/α,β-unsaturated/α-hetero) is 2. The third kappa shape index (κ3) is 4.92. The number of hydrogen-bond donors (Lipinski definition) is 1. The van der Waals surface area contributed by atoms with Crippen molar-refractivity contribution in [3.63, 3.8) is 0 Å². The number of carboxylic acid groups (broad SMARTS) is 1. The van der Waals surface area contributed by atoms with Crippen LogP contribution in [0.25, 0.3) is 21.9 Å². The number of carbonyl (C=O) groups excluding carboxylic acids is 3. The van der Waals surface area contributed by atoms with Crippen LogP contribution in [-0.2, 0) is 4.74 Å². The molecule has 0 amide bonds. The molecule has 0 saturated carbocycles. The van der Waals surface area contributed by atoms with Gasteiger partial charge in [-0.15, -0.1) is 0 Å². The van der Waals surface area contributed by atoms with Crippen molar-refractivity contribution in [2.24, 2.45) is 0 Å². The summed E-state index contributed by atoms with van der Waals surface area (Å²) in [6, 6.07) is 13.0. The number of aromatic carboxylic acids is 1. The third-order valence-corrected chi connectivity index (χ3v) is 4.54. The van der Waals surface area contributed by atoms with Crippen LogP contribution in [0.3, 0.4) is 0 Å². The maximum Gasteiger partial charge on any atom is 0.374 e. The van der Waals surface area contributed by atoms with Gasteiger partial charge < -0.3 is 18.7 Å². The summed E-state index contributed by atoms with van der Waals surface area (Å²) in [7, 11) is 0. The van der Waals surface area contributed by atoms with Crippen molar-refractivity contribution in [3.8, 4) is 0 Å². The summed E-state index contributed by atoms with van der Waals surface area (Å²) in [5.41, 5.74) is 2.00. The van der Waals surface area contributed by atoms with Crippen molar-refractivity contribution in [1.29, 1.82) is 0 Å². The molecule has 0 fully saturated rings. The van der Waals surface area contributed by atoms with E-state index in [1.54, 1.807) is 49.4 Å². The molecule has 164 valence electrons. The van der Waals surface area contributed by atoms with Crippen LogP contribution in [0.2, 0.25) is 0 Å². The largest absolute Gasteiger partial charge is 0.475 e. The fourth-order valence-electron chi connectivity index (χ4n) is 2.91. The second-order valence-corrected chi connectivity index (χ2v) is 6.86. The van der Waals surface area contributed by atoms with Gasteiger partial charge in [-0.05, 0) is 45.0 Å². The predicted molar refractivity (Wildman–Crippen MR) is 115 cm³/mol. The highest BCUT2D eigenvalue weighted by Crippen LogP contribution is 2.22. The molecule has 2 heterocycles. The molecule has 2 aromatic heterocycles. The van der Waals surface area contributed by atoms with Gasteiger partial charge in [-0.3, -0.25) is 9.59 Å². The molecule has 32 heavy (non-hydrogen) atoms. The summed E-state index contributed by atoms with van der Waals surface area (Å²) >= 11 is 0. The first-order valence-corrected chi connectivity index (χ1v) is 9.69. The highest BCUT2D eigenvalue weighted by Gasteiger charge is 2.14. The summed E-state index contributed by atoms with van der Waals surface area (Å²) in [5, 5.41) is 10.2. The van der Waals surface area contributed by atoms with Gasteiger partial charge in [-0.25, -0.2) is 9.59 Å². The zero-order valence-electron chi connectivity index (χ0n) is 17.6. The number of benzene rings is 2. The molecule has 0 aliphatic rings. The van der Waals surface area contributed by atoms with E-state index in [-0.39, 0.29) is 23.1 Å². The number of ether oxygens (including phenoxy) is 1. The first-order chi connectivity index (χ1) is 15.2. The van der Waals surface area contributed by atoms with Crippen LogP contribution < -0.4 is 0 Å². The Kier molecular flexibility index (Phi) is 6.53. The van der Waals surface area contributed by atoms with E-state index in [9.17, 15) is 19.2 Å². The van der Waals surface area contributed by atoms with E-state index in [0.29, 0.717) is 34.3 Å². The van der Waals surface area contributed by atoms with E-state index < -0.39 is 11.9 Å². The molecule has 1 N–H and O–H groups in total. The van der Waals surface area contributed by atoms with Crippen molar-refractivity contribution >= 4 is 45.4 Å².